The number of esters is 1. The van der Waals surface area contributed by atoms with Crippen LogP contribution < -0.4 is 4.80 Å². The molecule has 0 amide bonds. The van der Waals surface area contributed by atoms with Gasteiger partial charge in [0.05, 0.1) is 27.1 Å². The number of nitro groups is 1. The highest BCUT2D eigenvalue weighted by atomic mass is 35.5. The van der Waals surface area contributed by atoms with Gasteiger partial charge in [-0.3, -0.25) is 14.9 Å². The van der Waals surface area contributed by atoms with E-state index in [1.165, 1.54) is 54.1 Å². The van der Waals surface area contributed by atoms with Crippen molar-refractivity contribution in [3.8, 4) is 0 Å². The van der Waals surface area contributed by atoms with E-state index in [1.807, 2.05) is 0 Å². The molecule has 0 unspecified atom stereocenters. The van der Waals surface area contributed by atoms with E-state index >= 15 is 0 Å². The van der Waals surface area contributed by atoms with Crippen molar-refractivity contribution in [3.05, 3.63) is 62.4 Å². The lowest BCUT2D eigenvalue weighted by atomic mass is 10.3. The van der Waals surface area contributed by atoms with Crippen LogP contribution in [0.15, 0.2) is 51.8 Å². The molecule has 0 spiro atoms. The first-order valence-corrected chi connectivity index (χ1v) is 10.3. The normalized spacial score (nSPS) is 12.3. The highest BCUT2D eigenvalue weighted by Crippen LogP contribution is 2.24. The largest absolute Gasteiger partial charge is 0.468 e. The van der Waals surface area contributed by atoms with Crippen molar-refractivity contribution in [2.24, 2.45) is 4.40 Å². The molecule has 12 heteroatoms. The molecule has 0 N–H and O–H groups in total. The van der Waals surface area contributed by atoms with E-state index in [0.717, 1.165) is 11.3 Å². The van der Waals surface area contributed by atoms with Crippen molar-refractivity contribution in [2.75, 3.05) is 7.11 Å². The summed E-state index contributed by atoms with van der Waals surface area (Å²) in [4.78, 5) is 22.1. The molecule has 0 atom stereocenters. The van der Waals surface area contributed by atoms with Crippen LogP contribution in [0.2, 0.25) is 5.02 Å². The van der Waals surface area contributed by atoms with Gasteiger partial charge in [0.15, 0.2) is 0 Å². The van der Waals surface area contributed by atoms with Gasteiger partial charge in [-0.2, -0.15) is 8.42 Å². The van der Waals surface area contributed by atoms with Gasteiger partial charge in [-0.1, -0.05) is 22.9 Å². The Morgan fingerprint density at radius 3 is 2.57 bits per heavy atom. The summed E-state index contributed by atoms with van der Waals surface area (Å²) in [5.41, 5.74) is 0.261. The van der Waals surface area contributed by atoms with Crippen molar-refractivity contribution in [1.82, 2.24) is 4.57 Å². The Balaban J connectivity index is 2.24. The molecule has 0 saturated carbocycles. The van der Waals surface area contributed by atoms with Crippen LogP contribution in [0, 0.1) is 10.1 Å². The first-order chi connectivity index (χ1) is 13.2. The van der Waals surface area contributed by atoms with Crippen LogP contribution in [-0.4, -0.2) is 31.0 Å². The summed E-state index contributed by atoms with van der Waals surface area (Å²) in [6.07, 6.45) is 0. The van der Waals surface area contributed by atoms with Crippen LogP contribution in [0.1, 0.15) is 0 Å². The average molecular weight is 442 g/mol. The van der Waals surface area contributed by atoms with Gasteiger partial charge in [-0.25, -0.2) is 0 Å². The molecule has 1 aromatic heterocycles. The second-order valence-corrected chi connectivity index (χ2v) is 8.53. The molecular weight excluding hydrogens is 430 g/mol. The third-order valence-electron chi connectivity index (χ3n) is 3.70. The highest BCUT2D eigenvalue weighted by molar-refractivity contribution is 7.90. The van der Waals surface area contributed by atoms with Crippen LogP contribution >= 0.6 is 22.9 Å². The van der Waals surface area contributed by atoms with Crippen molar-refractivity contribution in [1.29, 1.82) is 0 Å². The third kappa shape index (κ3) is 4.06. The Labute approximate surface area is 167 Å². The zero-order chi connectivity index (χ0) is 20.5. The zero-order valence-corrected chi connectivity index (χ0v) is 16.6. The van der Waals surface area contributed by atoms with Crippen LogP contribution in [0.25, 0.3) is 10.2 Å². The second-order valence-electron chi connectivity index (χ2n) is 5.48. The molecule has 0 bridgehead atoms. The lowest BCUT2D eigenvalue weighted by Gasteiger charge is -2.04. The number of rotatable bonds is 5. The third-order valence-corrected chi connectivity index (χ3v) is 6.39. The Morgan fingerprint density at radius 2 is 1.96 bits per heavy atom. The lowest BCUT2D eigenvalue weighted by Crippen LogP contribution is -2.22. The van der Waals surface area contributed by atoms with Gasteiger partial charge in [-0.15, -0.1) is 4.40 Å². The van der Waals surface area contributed by atoms with Gasteiger partial charge in [0.25, 0.3) is 15.7 Å². The molecule has 0 radical (unpaired) electrons. The summed E-state index contributed by atoms with van der Waals surface area (Å²) in [7, 11) is -2.90. The number of aromatic nitrogens is 1. The number of halogens is 1. The van der Waals surface area contributed by atoms with Gasteiger partial charge < -0.3 is 9.30 Å². The molecule has 0 aliphatic rings. The van der Waals surface area contributed by atoms with Crippen molar-refractivity contribution >= 4 is 54.8 Å². The number of hydrogen-bond acceptors (Lipinski definition) is 7. The number of fused-ring (bicyclic) bond motifs is 1. The van der Waals surface area contributed by atoms with Crippen LogP contribution in [0.5, 0.6) is 0 Å². The minimum absolute atomic E-state index is 0.0177. The predicted molar refractivity (Wildman–Crippen MR) is 103 cm³/mol. The van der Waals surface area contributed by atoms with Gasteiger partial charge in [0.1, 0.15) is 6.54 Å². The molecule has 2 aromatic carbocycles. The number of sulfonamides is 1. The number of non-ortho nitro benzene ring substituents is 1. The monoisotopic (exact) mass is 441 g/mol. The molecule has 0 aliphatic heterocycles. The standard InChI is InChI=1S/C16H12ClN3O6S2/c1-26-15(21)9-19-13-7-4-11(20(22)23)8-14(13)27-16(19)18-28(24,25)12-5-2-10(17)3-6-12/h2-8H,9H2,1H3/b18-16-. The Hall–Kier alpha value is -2.76. The SMILES string of the molecule is COC(=O)Cn1/c(=N/S(=O)(=O)c2ccc(Cl)cc2)sc2cc([N+](=O)[O-])ccc21. The first kappa shape index (κ1) is 20.0. The smallest absolute Gasteiger partial charge is 0.325 e. The molecule has 0 aliphatic carbocycles. The summed E-state index contributed by atoms with van der Waals surface area (Å²) in [5.74, 6) is -0.622. The lowest BCUT2D eigenvalue weighted by molar-refractivity contribution is -0.384. The van der Waals surface area contributed by atoms with Gasteiger partial charge in [0, 0.05) is 17.2 Å². The number of nitro benzene ring substituents is 1. The maximum absolute atomic E-state index is 12.6. The zero-order valence-electron chi connectivity index (χ0n) is 14.2. The van der Waals surface area contributed by atoms with Gasteiger partial charge >= 0.3 is 5.97 Å². The Bertz CT molecular complexity index is 1250. The fraction of sp³-hybridized carbons (Fsp3) is 0.125. The highest BCUT2D eigenvalue weighted by Gasteiger charge is 2.18. The minimum Gasteiger partial charge on any atom is -0.468 e. The van der Waals surface area contributed by atoms with E-state index in [0.29, 0.717) is 15.2 Å². The van der Waals surface area contributed by atoms with Crippen molar-refractivity contribution in [2.45, 2.75) is 11.4 Å². The second kappa shape index (κ2) is 7.70. The summed E-state index contributed by atoms with van der Waals surface area (Å²) < 4.78 is 35.5. The van der Waals surface area contributed by atoms with Crippen LogP contribution in [-0.2, 0) is 26.1 Å². The summed E-state index contributed by atoms with van der Waals surface area (Å²) in [6.45, 7) is -0.302. The maximum Gasteiger partial charge on any atom is 0.325 e. The molecule has 0 saturated heterocycles. The number of carbonyl (C=O) groups is 1. The minimum atomic E-state index is -4.10. The van der Waals surface area contributed by atoms with E-state index in [-0.39, 0.29) is 21.9 Å². The van der Waals surface area contributed by atoms with E-state index < -0.39 is 20.9 Å². The number of nitrogens with zero attached hydrogens (tertiary/aromatic N) is 3. The predicted octanol–water partition coefficient (Wildman–Crippen LogP) is 2.73. The molecule has 1 heterocycles. The van der Waals surface area contributed by atoms with Crippen LogP contribution in [0.3, 0.4) is 0 Å². The molecule has 3 rings (SSSR count). The number of thiazole rings is 1. The van der Waals surface area contributed by atoms with Gasteiger partial charge in [0.2, 0.25) is 4.80 Å². The van der Waals surface area contributed by atoms with E-state index in [4.69, 9.17) is 11.6 Å². The Kier molecular flexibility index (Phi) is 5.49. The number of hydrogen-bond donors (Lipinski definition) is 0. The topological polar surface area (TPSA) is 121 Å². The quantitative estimate of drug-likeness (QED) is 0.341. The number of ether oxygens (including phenoxy) is 1. The number of methoxy groups -OCH3 is 1. The van der Waals surface area contributed by atoms with E-state index in [1.54, 1.807) is 0 Å². The Morgan fingerprint density at radius 1 is 1.29 bits per heavy atom. The van der Waals surface area contributed by atoms with Crippen molar-refractivity contribution in [3.63, 3.8) is 0 Å². The summed E-state index contributed by atoms with van der Waals surface area (Å²) in [5, 5.41) is 11.4. The molecule has 28 heavy (non-hydrogen) atoms. The van der Waals surface area contributed by atoms with E-state index in [9.17, 15) is 23.3 Å². The molecule has 3 aromatic rings. The van der Waals surface area contributed by atoms with Crippen LogP contribution in [0.4, 0.5) is 5.69 Å². The average Bonchev–Trinajstić information content (AvgIpc) is 2.97. The van der Waals surface area contributed by atoms with E-state index in [2.05, 4.69) is 9.13 Å². The van der Waals surface area contributed by atoms with Gasteiger partial charge in [-0.05, 0) is 30.3 Å². The fourth-order valence-corrected chi connectivity index (χ4v) is 4.75. The first-order valence-electron chi connectivity index (χ1n) is 7.62. The maximum atomic E-state index is 12.6. The summed E-state index contributed by atoms with van der Waals surface area (Å²) in [6, 6.07) is 9.44. The number of carbonyl (C=O) groups excluding carboxylic acids is 1. The molecule has 9 nitrogen and oxygen atoms in total. The molecular formula is C16H12ClN3O6S2. The summed E-state index contributed by atoms with van der Waals surface area (Å²) >= 11 is 6.69. The van der Waals surface area contributed by atoms with Crippen molar-refractivity contribution < 1.29 is 22.9 Å². The number of benzene rings is 2. The molecule has 146 valence electrons. The fourth-order valence-electron chi connectivity index (χ4n) is 2.35. The molecule has 0 fully saturated rings.